The number of hydrogen-bond donors (Lipinski definition) is 2. The lowest BCUT2D eigenvalue weighted by Gasteiger charge is -2.20. The molecule has 0 aliphatic heterocycles. The second-order valence-corrected chi connectivity index (χ2v) is 5.40. The third-order valence-corrected chi connectivity index (χ3v) is 3.65. The quantitative estimate of drug-likeness (QED) is 0.847. The fourth-order valence-electron chi connectivity index (χ4n) is 2.08. The summed E-state index contributed by atoms with van der Waals surface area (Å²) in [5, 5.41) is 15.5. The Hall–Kier alpha value is -2.41. The highest BCUT2D eigenvalue weighted by Gasteiger charge is 2.23. The van der Waals surface area contributed by atoms with Crippen molar-refractivity contribution in [3.05, 3.63) is 53.1 Å². The summed E-state index contributed by atoms with van der Waals surface area (Å²) in [5.41, 5.74) is 0.329. The van der Waals surface area contributed by atoms with E-state index in [2.05, 4.69) is 10.4 Å². The highest BCUT2D eigenvalue weighted by Crippen LogP contribution is 2.23. The molecule has 2 rings (SSSR count). The number of nitrogens with one attached hydrogen (secondary N) is 1. The molecule has 0 unspecified atom stereocenters. The Balaban J connectivity index is 2.19. The molecule has 23 heavy (non-hydrogen) atoms. The van der Waals surface area contributed by atoms with Gasteiger partial charge in [-0.3, -0.25) is 14.3 Å². The molecule has 122 valence electrons. The fourth-order valence-corrected chi connectivity index (χ4v) is 2.20. The summed E-state index contributed by atoms with van der Waals surface area (Å²) in [4.78, 5) is 23.3. The number of carboxylic acid groups (broad SMARTS) is 1. The van der Waals surface area contributed by atoms with Crippen LogP contribution in [0.15, 0.2) is 36.7 Å². The van der Waals surface area contributed by atoms with E-state index in [1.54, 1.807) is 19.2 Å². The van der Waals surface area contributed by atoms with Gasteiger partial charge in [-0.05, 0) is 30.7 Å². The zero-order valence-corrected chi connectivity index (χ0v) is 13.0. The van der Waals surface area contributed by atoms with Crippen molar-refractivity contribution in [1.29, 1.82) is 0 Å². The Morgan fingerprint density at radius 3 is 2.78 bits per heavy atom. The molecule has 2 atom stereocenters. The Morgan fingerprint density at radius 1 is 1.48 bits per heavy atom. The van der Waals surface area contributed by atoms with Crippen molar-refractivity contribution in [1.82, 2.24) is 15.1 Å². The standard InChI is InChI=1S/C15H15ClFN3O3/c1-9(20-6-2-5-18-20)15(23)19-13(8-14(21)22)10-3-4-11(16)12(17)7-10/h2-7,9,13H,8H2,1H3,(H,19,23)(H,21,22)/t9-,13-/m0/s1. The van der Waals surface area contributed by atoms with E-state index in [9.17, 15) is 14.0 Å². The maximum atomic E-state index is 13.6. The van der Waals surface area contributed by atoms with Gasteiger partial charge in [-0.25, -0.2) is 4.39 Å². The number of hydrogen-bond acceptors (Lipinski definition) is 3. The van der Waals surface area contributed by atoms with Crippen LogP contribution in [0.5, 0.6) is 0 Å². The molecule has 0 aliphatic rings. The summed E-state index contributed by atoms with van der Waals surface area (Å²) in [5.74, 6) is -2.21. The van der Waals surface area contributed by atoms with E-state index in [1.165, 1.54) is 23.0 Å². The van der Waals surface area contributed by atoms with Crippen molar-refractivity contribution < 1.29 is 19.1 Å². The topological polar surface area (TPSA) is 84.2 Å². The molecule has 1 heterocycles. The molecular formula is C15H15ClFN3O3. The van der Waals surface area contributed by atoms with Gasteiger partial charge in [-0.2, -0.15) is 5.10 Å². The lowest BCUT2D eigenvalue weighted by atomic mass is 10.0. The number of aliphatic carboxylic acids is 1. The molecule has 0 aliphatic carbocycles. The van der Waals surface area contributed by atoms with Gasteiger partial charge in [0.1, 0.15) is 11.9 Å². The van der Waals surface area contributed by atoms with Crippen LogP contribution in [0.3, 0.4) is 0 Å². The number of nitrogens with zero attached hydrogens (tertiary/aromatic N) is 2. The second kappa shape index (κ2) is 7.23. The number of amides is 1. The van der Waals surface area contributed by atoms with Gasteiger partial charge in [0.25, 0.3) is 0 Å². The van der Waals surface area contributed by atoms with Gasteiger partial charge >= 0.3 is 5.97 Å². The molecule has 8 heteroatoms. The summed E-state index contributed by atoms with van der Waals surface area (Å²) in [6.07, 6.45) is 2.78. The summed E-state index contributed by atoms with van der Waals surface area (Å²) in [7, 11) is 0. The average Bonchev–Trinajstić information content (AvgIpc) is 3.02. The van der Waals surface area contributed by atoms with Gasteiger partial charge in [0.05, 0.1) is 17.5 Å². The minimum absolute atomic E-state index is 0.0703. The van der Waals surface area contributed by atoms with Gasteiger partial charge in [0.15, 0.2) is 0 Å². The van der Waals surface area contributed by atoms with E-state index < -0.39 is 29.8 Å². The normalized spacial score (nSPS) is 13.3. The number of benzene rings is 1. The zero-order chi connectivity index (χ0) is 17.0. The molecule has 1 aromatic carbocycles. The largest absolute Gasteiger partial charge is 0.481 e. The molecule has 6 nitrogen and oxygen atoms in total. The van der Waals surface area contributed by atoms with Crippen molar-refractivity contribution >= 4 is 23.5 Å². The zero-order valence-electron chi connectivity index (χ0n) is 12.2. The van der Waals surface area contributed by atoms with Gasteiger partial charge < -0.3 is 10.4 Å². The van der Waals surface area contributed by atoms with E-state index in [4.69, 9.17) is 16.7 Å². The van der Waals surface area contributed by atoms with Crippen molar-refractivity contribution in [2.45, 2.75) is 25.4 Å². The number of carbonyl (C=O) groups is 2. The number of carbonyl (C=O) groups excluding carboxylic acids is 1. The van der Waals surface area contributed by atoms with Crippen LogP contribution in [0, 0.1) is 5.82 Å². The van der Waals surface area contributed by atoms with Gasteiger partial charge in [-0.1, -0.05) is 17.7 Å². The van der Waals surface area contributed by atoms with Gasteiger partial charge in [0, 0.05) is 12.4 Å². The number of aromatic nitrogens is 2. The van der Waals surface area contributed by atoms with E-state index >= 15 is 0 Å². The van der Waals surface area contributed by atoms with Crippen molar-refractivity contribution in [3.8, 4) is 0 Å². The summed E-state index contributed by atoms with van der Waals surface area (Å²) < 4.78 is 15.0. The van der Waals surface area contributed by atoms with E-state index in [0.717, 1.165) is 6.07 Å². The molecule has 0 fully saturated rings. The summed E-state index contributed by atoms with van der Waals surface area (Å²) in [6, 6.07) is 4.10. The first-order valence-corrected chi connectivity index (χ1v) is 7.22. The first kappa shape index (κ1) is 17.0. The van der Waals surface area contributed by atoms with Crippen LogP contribution >= 0.6 is 11.6 Å². The molecule has 2 aromatic rings. The van der Waals surface area contributed by atoms with Crippen LogP contribution < -0.4 is 5.32 Å². The molecule has 1 aromatic heterocycles. The maximum absolute atomic E-state index is 13.6. The Morgan fingerprint density at radius 2 is 2.22 bits per heavy atom. The third-order valence-electron chi connectivity index (χ3n) is 3.34. The monoisotopic (exact) mass is 339 g/mol. The smallest absolute Gasteiger partial charge is 0.305 e. The molecule has 1 amide bonds. The SMILES string of the molecule is C[C@@H](C(=O)N[C@@H](CC(=O)O)c1ccc(Cl)c(F)c1)n1cccn1. The van der Waals surface area contributed by atoms with Crippen molar-refractivity contribution in [3.63, 3.8) is 0 Å². The van der Waals surface area contributed by atoms with E-state index in [0.29, 0.717) is 5.56 Å². The molecule has 0 spiro atoms. The minimum Gasteiger partial charge on any atom is -0.481 e. The van der Waals surface area contributed by atoms with E-state index in [-0.39, 0.29) is 11.4 Å². The van der Waals surface area contributed by atoms with Gasteiger partial charge in [0.2, 0.25) is 5.91 Å². The first-order valence-electron chi connectivity index (χ1n) is 6.84. The molecule has 0 saturated carbocycles. The summed E-state index contributed by atoms with van der Waals surface area (Å²) >= 11 is 5.62. The highest BCUT2D eigenvalue weighted by atomic mass is 35.5. The highest BCUT2D eigenvalue weighted by molar-refractivity contribution is 6.30. The molecule has 0 saturated heterocycles. The lowest BCUT2D eigenvalue weighted by Crippen LogP contribution is -2.35. The van der Waals surface area contributed by atoms with Crippen LogP contribution in [0.2, 0.25) is 5.02 Å². The Labute approximate surface area is 136 Å². The molecular weight excluding hydrogens is 325 g/mol. The molecule has 0 bridgehead atoms. The third kappa shape index (κ3) is 4.29. The second-order valence-electron chi connectivity index (χ2n) is 4.99. The number of halogens is 2. The van der Waals surface area contributed by atoms with Gasteiger partial charge in [-0.15, -0.1) is 0 Å². The van der Waals surface area contributed by atoms with Crippen LogP contribution in [-0.2, 0) is 9.59 Å². The Bertz CT molecular complexity index is 706. The Kier molecular flexibility index (Phi) is 5.33. The predicted octanol–water partition coefficient (Wildman–Crippen LogP) is 2.57. The predicted molar refractivity (Wildman–Crippen MR) is 81.5 cm³/mol. The minimum atomic E-state index is -1.11. The average molecular weight is 340 g/mol. The van der Waals surface area contributed by atoms with Crippen LogP contribution in [0.4, 0.5) is 4.39 Å². The van der Waals surface area contributed by atoms with Crippen molar-refractivity contribution in [2.24, 2.45) is 0 Å². The molecule has 2 N–H and O–H groups in total. The molecule has 0 radical (unpaired) electrons. The van der Waals surface area contributed by atoms with Crippen molar-refractivity contribution in [2.75, 3.05) is 0 Å². The number of rotatable bonds is 6. The fraction of sp³-hybridized carbons (Fsp3) is 0.267. The lowest BCUT2D eigenvalue weighted by molar-refractivity contribution is -0.137. The summed E-state index contributed by atoms with van der Waals surface area (Å²) in [6.45, 7) is 1.63. The van der Waals surface area contributed by atoms with Crippen LogP contribution in [0.25, 0.3) is 0 Å². The van der Waals surface area contributed by atoms with Crippen LogP contribution in [0.1, 0.15) is 31.0 Å². The first-order chi connectivity index (χ1) is 10.9. The van der Waals surface area contributed by atoms with E-state index in [1.807, 2.05) is 0 Å². The van der Waals surface area contributed by atoms with Crippen LogP contribution in [-0.4, -0.2) is 26.8 Å². The number of carboxylic acids is 1. The maximum Gasteiger partial charge on any atom is 0.305 e.